The van der Waals surface area contributed by atoms with E-state index in [1.807, 2.05) is 13.0 Å². The van der Waals surface area contributed by atoms with Crippen LogP contribution in [0.2, 0.25) is 0 Å². The largest absolute Gasteiger partial charge is 0.480 e. The fourth-order valence-electron chi connectivity index (χ4n) is 5.48. The normalized spacial score (nSPS) is 13.3. The maximum atomic E-state index is 12.8. The van der Waals surface area contributed by atoms with Gasteiger partial charge >= 0.3 is 11.6 Å². The zero-order chi connectivity index (χ0) is 30.5. The van der Waals surface area contributed by atoms with E-state index in [0.717, 1.165) is 53.3 Å². The van der Waals surface area contributed by atoms with Gasteiger partial charge in [0.25, 0.3) is 0 Å². The summed E-state index contributed by atoms with van der Waals surface area (Å²) in [7, 11) is 0. The highest BCUT2D eigenvalue weighted by Gasteiger charge is 2.22. The Bertz CT molecular complexity index is 1760. The minimum atomic E-state index is -1.19. The van der Waals surface area contributed by atoms with Crippen LogP contribution in [0.5, 0.6) is 0 Å². The first-order valence-electron chi connectivity index (χ1n) is 14.3. The number of hydrogen-bond donors (Lipinski definition) is 4. The zero-order valence-electron chi connectivity index (χ0n) is 23.8. The molecule has 0 fully saturated rings. The summed E-state index contributed by atoms with van der Waals surface area (Å²) in [6.45, 7) is 1.00. The molecule has 1 aliphatic rings. The number of furan rings is 1. The van der Waals surface area contributed by atoms with Crippen molar-refractivity contribution >= 4 is 45.6 Å². The molecule has 1 atom stereocenters. The van der Waals surface area contributed by atoms with E-state index in [1.165, 1.54) is 5.56 Å². The van der Waals surface area contributed by atoms with Crippen molar-refractivity contribution < 1.29 is 33.1 Å². The van der Waals surface area contributed by atoms with E-state index in [0.29, 0.717) is 16.7 Å². The Morgan fingerprint density at radius 2 is 1.58 bits per heavy atom. The third kappa shape index (κ3) is 6.94. The Morgan fingerprint density at radius 3 is 2.35 bits per heavy atom. The molecule has 0 saturated heterocycles. The van der Waals surface area contributed by atoms with Gasteiger partial charge in [0.05, 0.1) is 13.1 Å². The Balaban J connectivity index is 1.12. The average Bonchev–Trinajstić information content (AvgIpc) is 3.35. The van der Waals surface area contributed by atoms with E-state index in [2.05, 4.69) is 16.0 Å². The van der Waals surface area contributed by atoms with Crippen LogP contribution in [0.25, 0.3) is 21.9 Å². The van der Waals surface area contributed by atoms with Gasteiger partial charge in [-0.25, -0.2) is 9.59 Å². The minimum Gasteiger partial charge on any atom is -0.480 e. The van der Waals surface area contributed by atoms with Gasteiger partial charge in [0.2, 0.25) is 17.7 Å². The number of benzene rings is 2. The van der Waals surface area contributed by atoms with Gasteiger partial charge in [-0.15, -0.1) is 0 Å². The van der Waals surface area contributed by atoms with Crippen LogP contribution in [0.4, 0.5) is 0 Å². The summed E-state index contributed by atoms with van der Waals surface area (Å²) in [5, 5.41) is 18.5. The van der Waals surface area contributed by atoms with Crippen molar-refractivity contribution in [2.75, 3.05) is 13.1 Å². The summed E-state index contributed by atoms with van der Waals surface area (Å²) < 4.78 is 11.6. The van der Waals surface area contributed by atoms with Crippen LogP contribution in [0.1, 0.15) is 47.3 Å². The molecule has 0 bridgehead atoms. The lowest BCUT2D eigenvalue weighted by Crippen LogP contribution is -2.47. The van der Waals surface area contributed by atoms with Gasteiger partial charge < -0.3 is 29.9 Å². The molecule has 2 aromatic heterocycles. The number of aliphatic carboxylic acids is 1. The number of carbonyl (C=O) groups is 4. The van der Waals surface area contributed by atoms with Gasteiger partial charge in [0.15, 0.2) is 0 Å². The highest BCUT2D eigenvalue weighted by atomic mass is 16.4. The van der Waals surface area contributed by atoms with Gasteiger partial charge in [-0.3, -0.25) is 14.4 Å². The maximum Gasteiger partial charge on any atom is 0.339 e. The van der Waals surface area contributed by atoms with E-state index < -0.39 is 41.9 Å². The summed E-state index contributed by atoms with van der Waals surface area (Å²) in [4.78, 5) is 61.2. The summed E-state index contributed by atoms with van der Waals surface area (Å²) >= 11 is 0. The summed E-state index contributed by atoms with van der Waals surface area (Å²) in [6, 6.07) is 11.5. The Morgan fingerprint density at radius 1 is 0.884 bits per heavy atom. The van der Waals surface area contributed by atoms with Crippen molar-refractivity contribution in [1.29, 1.82) is 0 Å². The van der Waals surface area contributed by atoms with Crippen LogP contribution in [-0.2, 0) is 44.9 Å². The Labute approximate surface area is 246 Å². The molecule has 2 aromatic carbocycles. The fraction of sp³-hybridized carbons (Fsp3) is 0.344. The number of carboxylic acid groups (broad SMARTS) is 1. The number of amides is 3. The van der Waals surface area contributed by atoms with E-state index in [4.69, 9.17) is 8.83 Å². The van der Waals surface area contributed by atoms with Gasteiger partial charge in [-0.05, 0) is 49.8 Å². The second kappa shape index (κ2) is 12.9. The van der Waals surface area contributed by atoms with Crippen molar-refractivity contribution in [3.05, 3.63) is 80.9 Å². The number of fused-ring (bicyclic) bond motifs is 4. The third-order valence-corrected chi connectivity index (χ3v) is 7.77. The number of carbonyl (C=O) groups excluding carboxylic acids is 3. The van der Waals surface area contributed by atoms with Crippen LogP contribution in [0.3, 0.4) is 0 Å². The molecule has 4 N–H and O–H groups in total. The third-order valence-electron chi connectivity index (χ3n) is 7.77. The van der Waals surface area contributed by atoms with E-state index in [1.54, 1.807) is 36.4 Å². The molecule has 43 heavy (non-hydrogen) atoms. The van der Waals surface area contributed by atoms with Gasteiger partial charge in [0, 0.05) is 47.2 Å². The van der Waals surface area contributed by atoms with E-state index >= 15 is 0 Å². The van der Waals surface area contributed by atoms with Gasteiger partial charge in [-0.2, -0.15) is 0 Å². The van der Waals surface area contributed by atoms with Gasteiger partial charge in [0.1, 0.15) is 23.0 Å². The van der Waals surface area contributed by atoms with Crippen molar-refractivity contribution in [3.63, 3.8) is 0 Å². The lowest BCUT2D eigenvalue weighted by Gasteiger charge is -2.15. The first kappa shape index (κ1) is 29.6. The van der Waals surface area contributed by atoms with Crippen molar-refractivity contribution in [2.24, 2.45) is 0 Å². The summed E-state index contributed by atoms with van der Waals surface area (Å²) in [5.74, 6) is -1.94. The van der Waals surface area contributed by atoms with Crippen LogP contribution in [0, 0.1) is 6.92 Å². The lowest BCUT2D eigenvalue weighted by molar-refractivity contribution is -0.141. The second-order valence-electron chi connectivity index (χ2n) is 10.8. The average molecular weight is 588 g/mol. The maximum absolute atomic E-state index is 12.8. The quantitative estimate of drug-likeness (QED) is 0.194. The number of nitrogens with one attached hydrogen (secondary N) is 3. The molecule has 2 heterocycles. The zero-order valence-corrected chi connectivity index (χ0v) is 23.8. The molecule has 0 saturated carbocycles. The molecule has 0 radical (unpaired) electrons. The topological polar surface area (TPSA) is 168 Å². The first-order chi connectivity index (χ1) is 20.7. The first-order valence-corrected chi connectivity index (χ1v) is 14.3. The van der Waals surface area contributed by atoms with Crippen molar-refractivity contribution in [2.45, 2.75) is 57.9 Å². The molecule has 11 heteroatoms. The van der Waals surface area contributed by atoms with Crippen LogP contribution < -0.4 is 21.6 Å². The number of hydrogen-bond acceptors (Lipinski definition) is 7. The van der Waals surface area contributed by atoms with Crippen molar-refractivity contribution in [1.82, 2.24) is 16.0 Å². The predicted molar refractivity (Wildman–Crippen MR) is 158 cm³/mol. The molecule has 224 valence electrons. The molecule has 1 aliphatic carbocycles. The standard InChI is InChI=1S/C32H33N3O8/c1-18-20(32(41)43-26-15-27-23(14-22(18)26)21-9-5-6-10-25(21)42-27)11-12-28(36)33-16-29(37)34-17-30(38)35-24(31(39)40)13-19-7-3-2-4-8-19/h2-4,7-8,14-15,24H,5-6,9-13,16-17H2,1H3,(H,33,36)(H,34,37)(H,35,38)(H,39,40)/t24-/m1/s1. The molecule has 0 aliphatic heterocycles. The van der Waals surface area contributed by atoms with E-state index in [-0.39, 0.29) is 25.8 Å². The van der Waals surface area contributed by atoms with Crippen molar-refractivity contribution in [3.8, 4) is 0 Å². The predicted octanol–water partition coefficient (Wildman–Crippen LogP) is 2.70. The highest BCUT2D eigenvalue weighted by molar-refractivity contribution is 5.97. The van der Waals surface area contributed by atoms with Crippen LogP contribution in [-0.4, -0.2) is 47.9 Å². The second-order valence-corrected chi connectivity index (χ2v) is 10.8. The van der Waals surface area contributed by atoms with Crippen LogP contribution >= 0.6 is 0 Å². The highest BCUT2D eigenvalue weighted by Crippen LogP contribution is 2.35. The molecular formula is C32H33N3O8. The Hall–Kier alpha value is -4.93. The number of aryl methyl sites for hydroxylation is 3. The monoisotopic (exact) mass is 587 g/mol. The molecule has 11 nitrogen and oxygen atoms in total. The number of rotatable bonds is 11. The van der Waals surface area contributed by atoms with Crippen LogP contribution in [0.15, 0.2) is 56.1 Å². The molecule has 3 amide bonds. The molecule has 5 rings (SSSR count). The summed E-state index contributed by atoms with van der Waals surface area (Å²) in [6.07, 6.45) is 4.21. The van der Waals surface area contributed by atoms with Gasteiger partial charge in [-0.1, -0.05) is 30.3 Å². The fourth-order valence-corrected chi connectivity index (χ4v) is 5.48. The smallest absolute Gasteiger partial charge is 0.339 e. The lowest BCUT2D eigenvalue weighted by atomic mass is 9.94. The van der Waals surface area contributed by atoms with E-state index in [9.17, 15) is 29.1 Å². The minimum absolute atomic E-state index is 0.0476. The molecular weight excluding hydrogens is 554 g/mol. The summed E-state index contributed by atoms with van der Waals surface area (Å²) in [5.41, 5.74) is 3.70. The number of carboxylic acids is 1. The molecule has 4 aromatic rings. The molecule has 0 spiro atoms. The molecule has 0 unspecified atom stereocenters. The Kier molecular flexibility index (Phi) is 8.89. The SMILES string of the molecule is Cc1c(CCC(=O)NCC(=O)NCC(=O)N[C@H](Cc2ccccc2)C(=O)O)c(=O)oc2cc3oc4c(c3cc12)CCCC4.